The van der Waals surface area contributed by atoms with Gasteiger partial charge in [-0.15, -0.1) is 0 Å². The van der Waals surface area contributed by atoms with Crippen LogP contribution >= 0.6 is 0 Å². The molecule has 0 amide bonds. The van der Waals surface area contributed by atoms with Crippen molar-refractivity contribution in [3.05, 3.63) is 54.6 Å². The summed E-state index contributed by atoms with van der Waals surface area (Å²) in [6, 6.07) is 17.7. The average Bonchev–Trinajstić information content (AvgIpc) is 2.54. The lowest BCUT2D eigenvalue weighted by Gasteiger charge is -2.27. The molecule has 0 radical (unpaired) electrons. The van der Waals surface area contributed by atoms with E-state index in [0.717, 1.165) is 17.1 Å². The van der Waals surface area contributed by atoms with Crippen LogP contribution in [0.25, 0.3) is 0 Å². The molecule has 1 atom stereocenters. The maximum Gasteiger partial charge on any atom is 0.119 e. The van der Waals surface area contributed by atoms with Crippen molar-refractivity contribution in [1.29, 1.82) is 0 Å². The van der Waals surface area contributed by atoms with Crippen molar-refractivity contribution in [3.63, 3.8) is 0 Å². The van der Waals surface area contributed by atoms with E-state index in [2.05, 4.69) is 17.0 Å². The topological polar surface area (TPSA) is 35.9 Å². The van der Waals surface area contributed by atoms with Gasteiger partial charge < -0.3 is 19.6 Å². The second kappa shape index (κ2) is 7.71. The number of nitrogens with zero attached hydrogens (tertiary/aromatic N) is 2. The predicted molar refractivity (Wildman–Crippen MR) is 92.0 cm³/mol. The Morgan fingerprint density at radius 3 is 2.14 bits per heavy atom. The summed E-state index contributed by atoms with van der Waals surface area (Å²) in [7, 11) is 6.01. The van der Waals surface area contributed by atoms with Gasteiger partial charge in [0.25, 0.3) is 0 Å². The van der Waals surface area contributed by atoms with Crippen LogP contribution < -0.4 is 14.5 Å². The van der Waals surface area contributed by atoms with E-state index in [-0.39, 0.29) is 6.61 Å². The summed E-state index contributed by atoms with van der Waals surface area (Å²) < 4.78 is 5.60. The van der Waals surface area contributed by atoms with Crippen molar-refractivity contribution in [2.75, 3.05) is 44.1 Å². The molecule has 22 heavy (non-hydrogen) atoms. The number of ether oxygens (including phenoxy) is 1. The Kier molecular flexibility index (Phi) is 5.67. The maximum atomic E-state index is 10.2. The largest absolute Gasteiger partial charge is 0.491 e. The Morgan fingerprint density at radius 1 is 0.909 bits per heavy atom. The number of benzene rings is 2. The Labute approximate surface area is 132 Å². The molecule has 2 rings (SSSR count). The minimum atomic E-state index is -0.555. The van der Waals surface area contributed by atoms with Gasteiger partial charge in [-0.1, -0.05) is 30.3 Å². The van der Waals surface area contributed by atoms with Crippen LogP contribution in [-0.4, -0.2) is 45.5 Å². The Morgan fingerprint density at radius 2 is 1.50 bits per heavy atom. The second-order valence-electron chi connectivity index (χ2n) is 5.54. The monoisotopic (exact) mass is 300 g/mol. The molecular formula is C18H24N2O2. The molecule has 4 nitrogen and oxygen atoms in total. The molecule has 0 aromatic heterocycles. The fraction of sp³-hybridized carbons (Fsp3) is 0.333. The summed E-state index contributed by atoms with van der Waals surface area (Å²) >= 11 is 0. The lowest BCUT2D eigenvalue weighted by molar-refractivity contribution is 0.113. The van der Waals surface area contributed by atoms with Gasteiger partial charge in [0.1, 0.15) is 18.5 Å². The van der Waals surface area contributed by atoms with E-state index in [0.29, 0.717) is 6.54 Å². The molecule has 0 saturated heterocycles. The van der Waals surface area contributed by atoms with Crippen LogP contribution in [0.2, 0.25) is 0 Å². The van der Waals surface area contributed by atoms with Gasteiger partial charge in [0.05, 0.1) is 11.4 Å². The highest BCUT2D eigenvalue weighted by molar-refractivity contribution is 5.70. The summed E-state index contributed by atoms with van der Waals surface area (Å²) in [4.78, 5) is 4.12. The van der Waals surface area contributed by atoms with Crippen molar-refractivity contribution < 1.29 is 9.84 Å². The Balaban J connectivity index is 1.92. The number of likely N-dealkylation sites (N-methyl/N-ethyl adjacent to an activating group) is 1. The third kappa shape index (κ3) is 4.40. The summed E-state index contributed by atoms with van der Waals surface area (Å²) in [5.41, 5.74) is 2.22. The molecule has 2 aromatic carbocycles. The molecule has 4 heteroatoms. The molecule has 1 N–H and O–H groups in total. The fourth-order valence-electron chi connectivity index (χ4n) is 2.34. The van der Waals surface area contributed by atoms with Gasteiger partial charge in [-0.3, -0.25) is 0 Å². The standard InChI is InChI=1S/C18H24N2O2/c1-19(2)17-11-7-8-12-18(17)20(3)13-15(21)14-22-16-9-5-4-6-10-16/h4-12,15,21H,13-14H2,1-3H3. The van der Waals surface area contributed by atoms with Crippen LogP contribution in [0.1, 0.15) is 0 Å². The molecule has 118 valence electrons. The molecule has 0 saturated carbocycles. The van der Waals surface area contributed by atoms with E-state index in [1.807, 2.05) is 68.5 Å². The SMILES string of the molecule is CN(C)c1ccccc1N(C)CC(O)COc1ccccc1. The van der Waals surface area contributed by atoms with Crippen LogP contribution in [-0.2, 0) is 0 Å². The molecule has 0 aliphatic carbocycles. The lowest BCUT2D eigenvalue weighted by Crippen LogP contribution is -2.33. The van der Waals surface area contributed by atoms with Gasteiger partial charge in [0.15, 0.2) is 0 Å². The van der Waals surface area contributed by atoms with Crippen molar-refractivity contribution in [3.8, 4) is 5.75 Å². The number of para-hydroxylation sites is 3. The van der Waals surface area contributed by atoms with Crippen LogP contribution in [0.15, 0.2) is 54.6 Å². The van der Waals surface area contributed by atoms with Crippen molar-refractivity contribution in [1.82, 2.24) is 0 Å². The van der Waals surface area contributed by atoms with Crippen LogP contribution in [0.3, 0.4) is 0 Å². The summed E-state index contributed by atoms with van der Waals surface area (Å²) in [6.07, 6.45) is -0.555. The zero-order valence-electron chi connectivity index (χ0n) is 13.4. The van der Waals surface area contributed by atoms with Crippen molar-refractivity contribution in [2.45, 2.75) is 6.10 Å². The number of hydrogen-bond donors (Lipinski definition) is 1. The summed E-state index contributed by atoms with van der Waals surface area (Å²) in [5.74, 6) is 0.776. The molecule has 0 aliphatic heterocycles. The van der Waals surface area contributed by atoms with E-state index in [1.165, 1.54) is 0 Å². The predicted octanol–water partition coefficient (Wildman–Crippen LogP) is 2.63. The first-order valence-corrected chi connectivity index (χ1v) is 7.41. The van der Waals surface area contributed by atoms with Crippen molar-refractivity contribution in [2.24, 2.45) is 0 Å². The third-order valence-corrected chi connectivity index (χ3v) is 3.44. The highest BCUT2D eigenvalue weighted by Gasteiger charge is 2.13. The zero-order valence-corrected chi connectivity index (χ0v) is 13.4. The summed E-state index contributed by atoms with van der Waals surface area (Å²) in [6.45, 7) is 0.788. The van der Waals surface area contributed by atoms with Gasteiger partial charge in [0, 0.05) is 27.7 Å². The third-order valence-electron chi connectivity index (χ3n) is 3.44. The van der Waals surface area contributed by atoms with Gasteiger partial charge in [0.2, 0.25) is 0 Å². The molecule has 2 aromatic rings. The van der Waals surface area contributed by atoms with Crippen LogP contribution in [0, 0.1) is 0 Å². The normalized spacial score (nSPS) is 11.8. The average molecular weight is 300 g/mol. The zero-order chi connectivity index (χ0) is 15.9. The number of anilines is 2. The molecule has 0 aliphatic rings. The quantitative estimate of drug-likeness (QED) is 0.853. The Hall–Kier alpha value is -2.20. The first-order valence-electron chi connectivity index (χ1n) is 7.41. The number of aliphatic hydroxyl groups is 1. The molecule has 1 unspecified atom stereocenters. The minimum absolute atomic E-state index is 0.276. The molecule has 0 spiro atoms. The lowest BCUT2D eigenvalue weighted by atomic mass is 10.2. The highest BCUT2D eigenvalue weighted by atomic mass is 16.5. The van der Waals surface area contributed by atoms with E-state index in [4.69, 9.17) is 4.74 Å². The summed E-state index contributed by atoms with van der Waals surface area (Å²) in [5, 5.41) is 10.2. The van der Waals surface area contributed by atoms with Gasteiger partial charge >= 0.3 is 0 Å². The molecular weight excluding hydrogens is 276 g/mol. The van der Waals surface area contributed by atoms with Crippen LogP contribution in [0.5, 0.6) is 5.75 Å². The first-order chi connectivity index (χ1) is 10.6. The smallest absolute Gasteiger partial charge is 0.119 e. The van der Waals surface area contributed by atoms with Crippen LogP contribution in [0.4, 0.5) is 11.4 Å². The first kappa shape index (κ1) is 16.2. The minimum Gasteiger partial charge on any atom is -0.491 e. The maximum absolute atomic E-state index is 10.2. The number of rotatable bonds is 7. The van der Waals surface area contributed by atoms with Gasteiger partial charge in [-0.2, -0.15) is 0 Å². The van der Waals surface area contributed by atoms with E-state index in [1.54, 1.807) is 0 Å². The van der Waals surface area contributed by atoms with E-state index >= 15 is 0 Å². The van der Waals surface area contributed by atoms with Gasteiger partial charge in [-0.05, 0) is 24.3 Å². The van der Waals surface area contributed by atoms with E-state index in [9.17, 15) is 5.11 Å². The fourth-order valence-corrected chi connectivity index (χ4v) is 2.34. The van der Waals surface area contributed by atoms with E-state index < -0.39 is 6.10 Å². The Bertz CT molecular complexity index is 572. The second-order valence-corrected chi connectivity index (χ2v) is 5.54. The molecule has 0 heterocycles. The van der Waals surface area contributed by atoms with Gasteiger partial charge in [-0.25, -0.2) is 0 Å². The molecule has 0 fully saturated rings. The number of aliphatic hydroxyl groups excluding tert-OH is 1. The highest BCUT2D eigenvalue weighted by Crippen LogP contribution is 2.26. The number of hydrogen-bond acceptors (Lipinski definition) is 4. The van der Waals surface area contributed by atoms with Crippen molar-refractivity contribution >= 4 is 11.4 Å². The molecule has 0 bridgehead atoms.